The van der Waals surface area contributed by atoms with Crippen molar-refractivity contribution in [1.82, 2.24) is 20.2 Å². The second-order valence-corrected chi connectivity index (χ2v) is 6.96. The van der Waals surface area contributed by atoms with E-state index in [0.29, 0.717) is 45.0 Å². The van der Waals surface area contributed by atoms with E-state index in [1.807, 2.05) is 0 Å². The Morgan fingerprint density at radius 2 is 1.85 bits per heavy atom. The molecule has 156 valence electrons. The molecule has 2 saturated heterocycles. The van der Waals surface area contributed by atoms with Crippen LogP contribution >= 0.6 is 24.8 Å². The Balaban J connectivity index is 0.00000182. The molecule has 0 radical (unpaired) electrons. The van der Waals surface area contributed by atoms with E-state index in [4.69, 9.17) is 0 Å². The lowest BCUT2D eigenvalue weighted by Gasteiger charge is -2.41. The molecule has 1 aromatic rings. The van der Waals surface area contributed by atoms with Crippen LogP contribution in [0.4, 0.5) is 19.1 Å². The Kier molecular flexibility index (Phi) is 8.55. The van der Waals surface area contributed by atoms with Crippen molar-refractivity contribution in [1.29, 1.82) is 0 Å². The zero-order valence-electron chi connectivity index (χ0n) is 15.1. The number of piperidine rings is 1. The van der Waals surface area contributed by atoms with Crippen LogP contribution in [0.15, 0.2) is 6.07 Å². The number of halogens is 5. The van der Waals surface area contributed by atoms with Gasteiger partial charge in [-0.2, -0.15) is 13.2 Å². The predicted octanol–water partition coefficient (Wildman–Crippen LogP) is 1.88. The van der Waals surface area contributed by atoms with E-state index >= 15 is 0 Å². The summed E-state index contributed by atoms with van der Waals surface area (Å²) in [6, 6.07) is 0.964. The van der Waals surface area contributed by atoms with Crippen LogP contribution in [0, 0.1) is 6.92 Å². The molecule has 2 N–H and O–H groups in total. The van der Waals surface area contributed by atoms with E-state index < -0.39 is 17.5 Å². The van der Waals surface area contributed by atoms with Crippen LogP contribution in [0.25, 0.3) is 0 Å². The molecule has 0 aromatic carbocycles. The molecule has 0 amide bonds. The highest BCUT2D eigenvalue weighted by Gasteiger charge is 2.35. The van der Waals surface area contributed by atoms with Gasteiger partial charge in [-0.1, -0.05) is 0 Å². The Morgan fingerprint density at radius 3 is 2.41 bits per heavy atom. The van der Waals surface area contributed by atoms with Gasteiger partial charge in [0.1, 0.15) is 5.69 Å². The molecule has 3 heterocycles. The number of hydrogen-bond acceptors (Lipinski definition) is 6. The first-order valence-electron chi connectivity index (χ1n) is 8.58. The number of nitrogens with zero attached hydrogens (tertiary/aromatic N) is 4. The number of aromatic nitrogens is 2. The fourth-order valence-electron chi connectivity index (χ4n) is 3.45. The van der Waals surface area contributed by atoms with Gasteiger partial charge in [0.25, 0.3) is 0 Å². The Bertz CT molecular complexity index is 606. The highest BCUT2D eigenvalue weighted by atomic mass is 35.5. The molecule has 0 spiro atoms. The molecule has 1 aromatic heterocycles. The lowest BCUT2D eigenvalue weighted by Crippen LogP contribution is -2.56. The molecule has 1 unspecified atom stereocenters. The summed E-state index contributed by atoms with van der Waals surface area (Å²) in [6.45, 7) is 6.07. The van der Waals surface area contributed by atoms with Crippen LogP contribution in [0.2, 0.25) is 0 Å². The van der Waals surface area contributed by atoms with Crippen molar-refractivity contribution in [2.45, 2.75) is 31.5 Å². The molecule has 6 nitrogen and oxygen atoms in total. The number of hydrogen-bond donors (Lipinski definition) is 2. The van der Waals surface area contributed by atoms with E-state index in [2.05, 4.69) is 20.2 Å². The topological polar surface area (TPSA) is 64.5 Å². The number of nitrogens with one attached hydrogen (secondary N) is 1. The molecule has 2 aliphatic rings. The summed E-state index contributed by atoms with van der Waals surface area (Å²) in [4.78, 5) is 11.8. The maximum atomic E-state index is 12.9. The first-order chi connectivity index (χ1) is 11.8. The normalized spacial score (nSPS) is 24.1. The molecular formula is C16H26Cl2F3N5O. The SMILES string of the molecule is Cc1cc(C(F)(F)F)nc(N2CCN(CC3(O)CCCNC3)CC2)n1.Cl.Cl. The zero-order chi connectivity index (χ0) is 18.1. The maximum absolute atomic E-state index is 12.9. The van der Waals surface area contributed by atoms with Crippen LogP contribution in [0.1, 0.15) is 24.2 Å². The number of aryl methyl sites for hydroxylation is 1. The molecule has 27 heavy (non-hydrogen) atoms. The van der Waals surface area contributed by atoms with E-state index in [0.717, 1.165) is 25.5 Å². The number of aliphatic hydroxyl groups is 1. The summed E-state index contributed by atoms with van der Waals surface area (Å²) in [6.07, 6.45) is -2.74. The van der Waals surface area contributed by atoms with Crippen molar-refractivity contribution in [2.75, 3.05) is 50.7 Å². The number of rotatable bonds is 3. The standard InChI is InChI=1S/C16H24F3N5O.2ClH/c1-12-9-13(16(17,18)19)22-14(21-12)24-7-5-23(6-8-24)11-15(25)3-2-4-20-10-15;;/h9,20,25H,2-8,10-11H2,1H3;2*1H. The molecule has 2 fully saturated rings. The molecule has 0 aliphatic carbocycles. The molecule has 0 saturated carbocycles. The van der Waals surface area contributed by atoms with Gasteiger partial charge < -0.3 is 15.3 Å². The van der Waals surface area contributed by atoms with Crippen molar-refractivity contribution < 1.29 is 18.3 Å². The van der Waals surface area contributed by atoms with E-state index in [-0.39, 0.29) is 30.8 Å². The fraction of sp³-hybridized carbons (Fsp3) is 0.750. The fourth-order valence-corrected chi connectivity index (χ4v) is 3.45. The lowest BCUT2D eigenvalue weighted by atomic mass is 9.93. The van der Waals surface area contributed by atoms with Crippen LogP contribution < -0.4 is 10.2 Å². The average molecular weight is 432 g/mol. The largest absolute Gasteiger partial charge is 0.433 e. The summed E-state index contributed by atoms with van der Waals surface area (Å²) in [5, 5.41) is 13.8. The smallest absolute Gasteiger partial charge is 0.387 e. The number of anilines is 1. The Hall–Kier alpha value is -0.870. The third-order valence-corrected chi connectivity index (χ3v) is 4.76. The summed E-state index contributed by atoms with van der Waals surface area (Å²) < 4.78 is 38.8. The van der Waals surface area contributed by atoms with Crippen molar-refractivity contribution in [3.05, 3.63) is 17.5 Å². The first-order valence-corrected chi connectivity index (χ1v) is 8.58. The maximum Gasteiger partial charge on any atom is 0.433 e. The van der Waals surface area contributed by atoms with E-state index in [1.54, 1.807) is 11.8 Å². The van der Waals surface area contributed by atoms with Gasteiger partial charge in [0.05, 0.1) is 5.60 Å². The summed E-state index contributed by atoms with van der Waals surface area (Å²) >= 11 is 0. The van der Waals surface area contributed by atoms with Crippen molar-refractivity contribution >= 4 is 30.8 Å². The number of β-amino-alcohol motifs (C(OH)–C–C–N with tert-alkyl or cyclic N) is 1. The second-order valence-electron chi connectivity index (χ2n) is 6.96. The van der Waals surface area contributed by atoms with Gasteiger partial charge >= 0.3 is 6.18 Å². The van der Waals surface area contributed by atoms with Gasteiger partial charge in [-0.3, -0.25) is 4.90 Å². The molecule has 11 heteroatoms. The predicted molar refractivity (Wildman–Crippen MR) is 102 cm³/mol. The second kappa shape index (κ2) is 9.56. The molecule has 3 rings (SSSR count). The monoisotopic (exact) mass is 431 g/mol. The molecule has 0 bridgehead atoms. The van der Waals surface area contributed by atoms with E-state index in [1.165, 1.54) is 0 Å². The highest BCUT2D eigenvalue weighted by molar-refractivity contribution is 5.85. The molecular weight excluding hydrogens is 406 g/mol. The summed E-state index contributed by atoms with van der Waals surface area (Å²) in [7, 11) is 0. The number of alkyl halides is 3. The molecule has 2 aliphatic heterocycles. The number of piperazine rings is 1. The van der Waals surface area contributed by atoms with E-state index in [9.17, 15) is 18.3 Å². The average Bonchev–Trinajstić information content (AvgIpc) is 2.54. The minimum atomic E-state index is -4.47. The van der Waals surface area contributed by atoms with Crippen molar-refractivity contribution in [2.24, 2.45) is 0 Å². The lowest BCUT2D eigenvalue weighted by molar-refractivity contribution is -0.141. The van der Waals surface area contributed by atoms with Gasteiger partial charge in [0.2, 0.25) is 5.95 Å². The zero-order valence-corrected chi connectivity index (χ0v) is 16.8. The summed E-state index contributed by atoms with van der Waals surface area (Å²) in [5.74, 6) is 0.130. The van der Waals surface area contributed by atoms with Crippen molar-refractivity contribution in [3.8, 4) is 0 Å². The quantitative estimate of drug-likeness (QED) is 0.761. The minimum absolute atomic E-state index is 0. The Labute approximate surface area is 169 Å². The van der Waals surface area contributed by atoms with Crippen LogP contribution in [0.3, 0.4) is 0 Å². The third kappa shape index (κ3) is 6.32. The Morgan fingerprint density at radius 1 is 1.19 bits per heavy atom. The summed E-state index contributed by atoms with van der Waals surface area (Å²) in [5.41, 5.74) is -1.31. The minimum Gasteiger partial charge on any atom is -0.387 e. The van der Waals surface area contributed by atoms with Gasteiger partial charge in [0.15, 0.2) is 0 Å². The van der Waals surface area contributed by atoms with Gasteiger partial charge in [-0.15, -0.1) is 24.8 Å². The van der Waals surface area contributed by atoms with Gasteiger partial charge in [-0.25, -0.2) is 9.97 Å². The molecule has 1 atom stereocenters. The van der Waals surface area contributed by atoms with Crippen LogP contribution in [-0.2, 0) is 6.18 Å². The van der Waals surface area contributed by atoms with Crippen LogP contribution in [-0.4, -0.2) is 71.4 Å². The van der Waals surface area contributed by atoms with Crippen LogP contribution in [0.5, 0.6) is 0 Å². The van der Waals surface area contributed by atoms with Gasteiger partial charge in [-0.05, 0) is 32.4 Å². The van der Waals surface area contributed by atoms with Crippen molar-refractivity contribution in [3.63, 3.8) is 0 Å². The highest BCUT2D eigenvalue weighted by Crippen LogP contribution is 2.29. The third-order valence-electron chi connectivity index (χ3n) is 4.76. The van der Waals surface area contributed by atoms with Gasteiger partial charge in [0, 0.05) is 45.0 Å². The first kappa shape index (κ1) is 24.2.